The zero-order valence-electron chi connectivity index (χ0n) is 18.9. The van der Waals surface area contributed by atoms with Crippen LogP contribution in [0.5, 0.6) is 0 Å². The summed E-state index contributed by atoms with van der Waals surface area (Å²) in [6.45, 7) is 4.29. The van der Waals surface area contributed by atoms with Gasteiger partial charge in [-0.05, 0) is 35.2 Å². The molecule has 0 saturated heterocycles. The molecule has 0 aliphatic rings. The fourth-order valence-electron chi connectivity index (χ4n) is 4.14. The van der Waals surface area contributed by atoms with E-state index in [1.54, 1.807) is 12.1 Å². The summed E-state index contributed by atoms with van der Waals surface area (Å²) in [7, 11) is 0. The lowest BCUT2D eigenvalue weighted by molar-refractivity contribution is -0.123. The summed E-state index contributed by atoms with van der Waals surface area (Å²) >= 11 is 0. The van der Waals surface area contributed by atoms with Gasteiger partial charge in [0.1, 0.15) is 6.04 Å². The summed E-state index contributed by atoms with van der Waals surface area (Å²) < 4.78 is 0. The van der Waals surface area contributed by atoms with Crippen LogP contribution in [0.4, 0.5) is 0 Å². The topological polar surface area (TPSA) is 74.0 Å². The second-order valence-corrected chi connectivity index (χ2v) is 8.56. The summed E-state index contributed by atoms with van der Waals surface area (Å²) in [5, 5.41) is 7.15. The van der Waals surface area contributed by atoms with Crippen LogP contribution in [-0.2, 0) is 4.79 Å². The molecule has 5 nitrogen and oxygen atoms in total. The van der Waals surface area contributed by atoms with Gasteiger partial charge in [-0.2, -0.15) is 0 Å². The fraction of sp³-hybridized carbons (Fsp3) is 0.214. The van der Waals surface area contributed by atoms with E-state index in [0.717, 1.165) is 22.0 Å². The fourth-order valence-corrected chi connectivity index (χ4v) is 4.14. The first-order valence-corrected chi connectivity index (χ1v) is 11.3. The third-order valence-corrected chi connectivity index (χ3v) is 5.95. The molecule has 0 spiro atoms. The molecule has 2 amide bonds. The van der Waals surface area contributed by atoms with Crippen molar-refractivity contribution >= 4 is 22.7 Å². The average Bonchev–Trinajstić information content (AvgIpc) is 3.27. The molecule has 0 bridgehead atoms. The lowest BCUT2D eigenvalue weighted by atomic mass is 9.90. The van der Waals surface area contributed by atoms with Crippen LogP contribution in [0.3, 0.4) is 0 Å². The van der Waals surface area contributed by atoms with Gasteiger partial charge < -0.3 is 15.6 Å². The second kappa shape index (κ2) is 10.2. The number of nitrogens with one attached hydrogen (secondary N) is 3. The summed E-state index contributed by atoms with van der Waals surface area (Å²) in [6, 6.07) is 26.7. The first-order chi connectivity index (χ1) is 16.0. The Hall–Kier alpha value is -3.86. The molecular formula is C28H29N3O2. The summed E-state index contributed by atoms with van der Waals surface area (Å²) in [6.07, 6.45) is 2.02. The maximum atomic E-state index is 13.2. The van der Waals surface area contributed by atoms with E-state index in [2.05, 4.69) is 33.8 Å². The molecule has 4 aromatic rings. The van der Waals surface area contributed by atoms with E-state index in [9.17, 15) is 9.59 Å². The number of para-hydroxylation sites is 1. The minimum absolute atomic E-state index is 0.0241. The van der Waals surface area contributed by atoms with E-state index in [1.165, 1.54) is 0 Å². The van der Waals surface area contributed by atoms with Crippen molar-refractivity contribution in [3.8, 4) is 0 Å². The standard InChI is InChI=1S/C28H29N3O2/c1-19(2)26(31-27(32)21-13-7-4-8-14-21)28(33)30-17-23(20-11-5-3-6-12-20)24-18-29-25-16-10-9-15-22(24)25/h3-16,18-19,23,26,29H,17H2,1-2H3,(H,30,33)(H,31,32). The molecular weight excluding hydrogens is 410 g/mol. The SMILES string of the molecule is CC(C)C(NC(=O)c1ccccc1)C(=O)NCC(c1ccccc1)c1c[nH]c2ccccc12. The number of H-pyrrole nitrogens is 1. The quantitative estimate of drug-likeness (QED) is 0.366. The van der Waals surface area contributed by atoms with E-state index in [0.29, 0.717) is 12.1 Å². The Morgan fingerprint density at radius 1 is 0.848 bits per heavy atom. The molecule has 2 unspecified atom stereocenters. The highest BCUT2D eigenvalue weighted by Crippen LogP contribution is 2.30. The number of hydrogen-bond acceptors (Lipinski definition) is 2. The molecule has 1 aromatic heterocycles. The Balaban J connectivity index is 1.54. The Morgan fingerprint density at radius 3 is 2.18 bits per heavy atom. The molecule has 3 aromatic carbocycles. The second-order valence-electron chi connectivity index (χ2n) is 8.56. The first-order valence-electron chi connectivity index (χ1n) is 11.3. The van der Waals surface area contributed by atoms with Crippen molar-refractivity contribution in [1.29, 1.82) is 0 Å². The van der Waals surface area contributed by atoms with E-state index in [-0.39, 0.29) is 23.7 Å². The number of amides is 2. The summed E-state index contributed by atoms with van der Waals surface area (Å²) in [5.41, 5.74) is 3.86. The van der Waals surface area contributed by atoms with Gasteiger partial charge in [-0.3, -0.25) is 9.59 Å². The third kappa shape index (κ3) is 5.14. The van der Waals surface area contributed by atoms with E-state index in [4.69, 9.17) is 0 Å². The monoisotopic (exact) mass is 439 g/mol. The maximum absolute atomic E-state index is 13.2. The van der Waals surface area contributed by atoms with Gasteiger partial charge in [-0.15, -0.1) is 0 Å². The Morgan fingerprint density at radius 2 is 1.48 bits per heavy atom. The molecule has 0 fully saturated rings. The van der Waals surface area contributed by atoms with Crippen LogP contribution < -0.4 is 10.6 Å². The zero-order valence-corrected chi connectivity index (χ0v) is 18.9. The number of aromatic nitrogens is 1. The molecule has 0 radical (unpaired) electrons. The van der Waals surface area contributed by atoms with Gasteiger partial charge in [0.25, 0.3) is 5.91 Å². The lowest BCUT2D eigenvalue weighted by Crippen LogP contribution is -2.50. The van der Waals surface area contributed by atoms with Crippen molar-refractivity contribution in [3.63, 3.8) is 0 Å². The zero-order chi connectivity index (χ0) is 23.2. The Bertz CT molecular complexity index is 1220. The van der Waals surface area contributed by atoms with E-state index < -0.39 is 6.04 Å². The number of benzene rings is 3. The van der Waals surface area contributed by atoms with E-state index >= 15 is 0 Å². The van der Waals surface area contributed by atoms with E-state index in [1.807, 2.05) is 74.6 Å². The van der Waals surface area contributed by atoms with Crippen molar-refractivity contribution in [1.82, 2.24) is 15.6 Å². The highest BCUT2D eigenvalue weighted by atomic mass is 16.2. The number of fused-ring (bicyclic) bond motifs is 1. The van der Waals surface area contributed by atoms with Gasteiger partial charge in [-0.1, -0.05) is 80.6 Å². The molecule has 168 valence electrons. The smallest absolute Gasteiger partial charge is 0.251 e. The molecule has 3 N–H and O–H groups in total. The molecule has 33 heavy (non-hydrogen) atoms. The minimum Gasteiger partial charge on any atom is -0.361 e. The van der Waals surface area contributed by atoms with Crippen LogP contribution in [0.15, 0.2) is 91.1 Å². The molecule has 0 aliphatic heterocycles. The highest BCUT2D eigenvalue weighted by molar-refractivity contribution is 5.97. The van der Waals surface area contributed by atoms with Gasteiger partial charge in [0.05, 0.1) is 0 Å². The van der Waals surface area contributed by atoms with Crippen molar-refractivity contribution in [2.75, 3.05) is 6.54 Å². The van der Waals surface area contributed by atoms with Crippen LogP contribution in [0.2, 0.25) is 0 Å². The number of rotatable bonds is 8. The van der Waals surface area contributed by atoms with Crippen LogP contribution in [0.25, 0.3) is 10.9 Å². The van der Waals surface area contributed by atoms with Gasteiger partial charge in [-0.25, -0.2) is 0 Å². The lowest BCUT2D eigenvalue weighted by Gasteiger charge is -2.24. The van der Waals surface area contributed by atoms with Crippen molar-refractivity contribution in [3.05, 3.63) is 108 Å². The first kappa shape index (κ1) is 22.3. The summed E-state index contributed by atoms with van der Waals surface area (Å²) in [5.74, 6) is -0.513. The molecule has 2 atom stereocenters. The predicted octanol–water partition coefficient (Wildman–Crippen LogP) is 4.87. The van der Waals surface area contributed by atoms with Gasteiger partial charge in [0.2, 0.25) is 5.91 Å². The van der Waals surface area contributed by atoms with Crippen molar-refractivity contribution in [2.24, 2.45) is 5.92 Å². The average molecular weight is 440 g/mol. The van der Waals surface area contributed by atoms with Crippen LogP contribution >= 0.6 is 0 Å². The third-order valence-electron chi connectivity index (χ3n) is 5.95. The molecule has 0 aliphatic carbocycles. The predicted molar refractivity (Wildman–Crippen MR) is 132 cm³/mol. The highest BCUT2D eigenvalue weighted by Gasteiger charge is 2.26. The summed E-state index contributed by atoms with van der Waals surface area (Å²) in [4.78, 5) is 29.2. The van der Waals surface area contributed by atoms with Crippen molar-refractivity contribution < 1.29 is 9.59 Å². The van der Waals surface area contributed by atoms with Crippen LogP contribution in [0, 0.1) is 5.92 Å². The van der Waals surface area contributed by atoms with Gasteiger partial charge in [0, 0.05) is 35.1 Å². The number of hydrogen-bond donors (Lipinski definition) is 3. The minimum atomic E-state index is -0.628. The van der Waals surface area contributed by atoms with Gasteiger partial charge in [0.15, 0.2) is 0 Å². The molecule has 1 heterocycles. The molecule has 4 rings (SSSR count). The van der Waals surface area contributed by atoms with Gasteiger partial charge >= 0.3 is 0 Å². The largest absolute Gasteiger partial charge is 0.361 e. The Kier molecular flexibility index (Phi) is 6.89. The van der Waals surface area contributed by atoms with Crippen LogP contribution in [0.1, 0.15) is 41.3 Å². The number of aromatic amines is 1. The maximum Gasteiger partial charge on any atom is 0.251 e. The van der Waals surface area contributed by atoms with Crippen molar-refractivity contribution in [2.45, 2.75) is 25.8 Å². The normalized spacial score (nSPS) is 12.9. The molecule has 0 saturated carbocycles. The number of carbonyl (C=O) groups excluding carboxylic acids is 2. The van der Waals surface area contributed by atoms with Crippen LogP contribution in [-0.4, -0.2) is 29.4 Å². The molecule has 5 heteroatoms. The Labute approximate surface area is 194 Å². The number of carbonyl (C=O) groups is 2.